The lowest BCUT2D eigenvalue weighted by atomic mass is 10.5. The third-order valence-electron chi connectivity index (χ3n) is 1.93. The Labute approximate surface area is 81.0 Å². The molecule has 6 nitrogen and oxygen atoms in total. The minimum absolute atomic E-state index is 0.369. The third kappa shape index (κ3) is 2.02. The van der Waals surface area contributed by atoms with Crippen molar-refractivity contribution in [2.24, 2.45) is 0 Å². The molecule has 0 spiro atoms. The molecule has 1 amide bonds. The van der Waals surface area contributed by atoms with E-state index >= 15 is 0 Å². The zero-order chi connectivity index (χ0) is 9.80. The Bertz CT molecular complexity index is 293. The number of amides is 1. The molecule has 0 atom stereocenters. The van der Waals surface area contributed by atoms with E-state index in [0.717, 1.165) is 0 Å². The van der Waals surface area contributed by atoms with E-state index in [1.54, 1.807) is 17.3 Å². The number of hydrogen-bond donors (Lipinski definition) is 0. The average molecular weight is 197 g/mol. The fourth-order valence-corrected chi connectivity index (χ4v) is 1.19. The maximum atomic E-state index is 11.5. The molecule has 1 aromatic heterocycles. The summed E-state index contributed by atoms with van der Waals surface area (Å²) < 4.78 is 6.39. The fraction of sp³-hybridized carbons (Fsp3) is 0.500. The van der Waals surface area contributed by atoms with Gasteiger partial charge < -0.3 is 14.5 Å². The van der Waals surface area contributed by atoms with Crippen molar-refractivity contribution in [3.05, 3.63) is 18.7 Å². The summed E-state index contributed by atoms with van der Waals surface area (Å²) in [4.78, 5) is 21.8. The summed E-state index contributed by atoms with van der Waals surface area (Å²) in [5.74, 6) is 0. The standard InChI is InChI=1S/C8H11N3O3/c12-8(10-3-5-13-6-4-10)14-11-2-1-9-7-11/h1-2,7H,3-6H2. The van der Waals surface area contributed by atoms with Crippen molar-refractivity contribution in [2.45, 2.75) is 0 Å². The molecule has 0 unspecified atom stereocenters. The molecule has 0 aliphatic carbocycles. The summed E-state index contributed by atoms with van der Waals surface area (Å²) in [6.07, 6.45) is 4.18. The molecule has 2 heterocycles. The number of nitrogens with zero attached hydrogens (tertiary/aromatic N) is 3. The van der Waals surface area contributed by atoms with Gasteiger partial charge in [-0.2, -0.15) is 4.73 Å². The van der Waals surface area contributed by atoms with Crippen molar-refractivity contribution in [3.63, 3.8) is 0 Å². The maximum Gasteiger partial charge on any atom is 0.434 e. The first kappa shape index (κ1) is 9.01. The predicted molar refractivity (Wildman–Crippen MR) is 46.6 cm³/mol. The lowest BCUT2D eigenvalue weighted by Crippen LogP contribution is -2.43. The molecule has 0 radical (unpaired) electrons. The van der Waals surface area contributed by atoms with Crippen LogP contribution in [0.5, 0.6) is 0 Å². The minimum atomic E-state index is -0.369. The van der Waals surface area contributed by atoms with E-state index in [-0.39, 0.29) is 6.09 Å². The van der Waals surface area contributed by atoms with Gasteiger partial charge in [0.2, 0.25) is 0 Å². The smallest absolute Gasteiger partial charge is 0.378 e. The highest BCUT2D eigenvalue weighted by Crippen LogP contribution is 1.98. The van der Waals surface area contributed by atoms with Gasteiger partial charge in [0.05, 0.1) is 19.4 Å². The second kappa shape index (κ2) is 4.10. The predicted octanol–water partition coefficient (Wildman–Crippen LogP) is -0.236. The SMILES string of the molecule is O=C(On1ccnc1)N1CCOCC1. The van der Waals surface area contributed by atoms with Crippen LogP contribution in [-0.2, 0) is 4.74 Å². The number of ether oxygens (including phenoxy) is 1. The zero-order valence-corrected chi connectivity index (χ0v) is 7.63. The molecule has 1 fully saturated rings. The van der Waals surface area contributed by atoms with Crippen LogP contribution in [-0.4, -0.2) is 47.0 Å². The summed E-state index contributed by atoms with van der Waals surface area (Å²) in [7, 11) is 0. The summed E-state index contributed by atoms with van der Waals surface area (Å²) in [6.45, 7) is 2.29. The zero-order valence-electron chi connectivity index (χ0n) is 7.63. The van der Waals surface area contributed by atoms with Crippen LogP contribution in [0.2, 0.25) is 0 Å². The van der Waals surface area contributed by atoms with Gasteiger partial charge in [0.15, 0.2) is 0 Å². The number of aromatic nitrogens is 2. The lowest BCUT2D eigenvalue weighted by molar-refractivity contribution is 0.0244. The second-order valence-corrected chi connectivity index (χ2v) is 2.88. The number of hydrogen-bond acceptors (Lipinski definition) is 4. The van der Waals surface area contributed by atoms with Gasteiger partial charge in [0.1, 0.15) is 6.33 Å². The van der Waals surface area contributed by atoms with E-state index in [4.69, 9.17) is 9.57 Å². The van der Waals surface area contributed by atoms with E-state index in [0.29, 0.717) is 26.3 Å². The Kier molecular flexibility index (Phi) is 2.64. The number of morpholine rings is 1. The molecular weight excluding hydrogens is 186 g/mol. The number of rotatable bonds is 1. The molecule has 0 saturated carbocycles. The molecule has 1 aliphatic heterocycles. The van der Waals surface area contributed by atoms with Crippen molar-refractivity contribution in [3.8, 4) is 0 Å². The first-order valence-corrected chi connectivity index (χ1v) is 4.39. The van der Waals surface area contributed by atoms with Crippen molar-refractivity contribution in [1.82, 2.24) is 14.6 Å². The van der Waals surface area contributed by atoms with Crippen LogP contribution in [0.3, 0.4) is 0 Å². The highest BCUT2D eigenvalue weighted by molar-refractivity contribution is 5.67. The molecule has 14 heavy (non-hydrogen) atoms. The highest BCUT2D eigenvalue weighted by Gasteiger charge is 2.18. The van der Waals surface area contributed by atoms with E-state index < -0.39 is 0 Å². The monoisotopic (exact) mass is 197 g/mol. The quantitative estimate of drug-likeness (QED) is 0.623. The largest absolute Gasteiger partial charge is 0.434 e. The third-order valence-corrected chi connectivity index (χ3v) is 1.93. The summed E-state index contributed by atoms with van der Waals surface area (Å²) in [5, 5.41) is 0. The lowest BCUT2D eigenvalue weighted by Gasteiger charge is -2.25. The maximum absolute atomic E-state index is 11.5. The molecule has 0 aromatic carbocycles. The van der Waals surface area contributed by atoms with Crippen LogP contribution in [0.1, 0.15) is 0 Å². The summed E-state index contributed by atoms with van der Waals surface area (Å²) >= 11 is 0. The van der Waals surface area contributed by atoms with Crippen LogP contribution in [0.25, 0.3) is 0 Å². The average Bonchev–Trinajstić information content (AvgIpc) is 2.72. The van der Waals surface area contributed by atoms with Crippen molar-refractivity contribution < 1.29 is 14.4 Å². The molecule has 6 heteroatoms. The normalized spacial score (nSPS) is 16.7. The molecule has 0 bridgehead atoms. The van der Waals surface area contributed by atoms with Gasteiger partial charge in [0, 0.05) is 19.3 Å². The van der Waals surface area contributed by atoms with E-state index in [1.807, 2.05) is 0 Å². The molecule has 1 aromatic rings. The van der Waals surface area contributed by atoms with Gasteiger partial charge in [-0.15, -0.1) is 0 Å². The van der Waals surface area contributed by atoms with Crippen LogP contribution >= 0.6 is 0 Å². The van der Waals surface area contributed by atoms with Gasteiger partial charge in [-0.3, -0.25) is 0 Å². The summed E-state index contributed by atoms with van der Waals surface area (Å²) in [6, 6.07) is 0. The van der Waals surface area contributed by atoms with Gasteiger partial charge in [-0.25, -0.2) is 9.78 Å². The van der Waals surface area contributed by atoms with Gasteiger partial charge in [-0.05, 0) is 0 Å². The molecule has 1 saturated heterocycles. The van der Waals surface area contributed by atoms with Crippen molar-refractivity contribution in [2.75, 3.05) is 26.3 Å². The first-order chi connectivity index (χ1) is 6.86. The van der Waals surface area contributed by atoms with Crippen LogP contribution in [0, 0.1) is 0 Å². The van der Waals surface area contributed by atoms with Gasteiger partial charge in [0.25, 0.3) is 0 Å². The number of carbonyl (C=O) groups excluding carboxylic acids is 1. The topological polar surface area (TPSA) is 56.6 Å². The van der Waals surface area contributed by atoms with Crippen LogP contribution < -0.4 is 4.84 Å². The Morgan fingerprint density at radius 1 is 1.43 bits per heavy atom. The van der Waals surface area contributed by atoms with Crippen LogP contribution in [0.4, 0.5) is 4.79 Å². The number of imidazole rings is 1. The van der Waals surface area contributed by atoms with E-state index in [9.17, 15) is 4.79 Å². The van der Waals surface area contributed by atoms with Crippen LogP contribution in [0.15, 0.2) is 18.7 Å². The second-order valence-electron chi connectivity index (χ2n) is 2.88. The van der Waals surface area contributed by atoms with E-state index in [1.165, 1.54) is 11.1 Å². The molecular formula is C8H11N3O3. The Hall–Kier alpha value is -1.56. The van der Waals surface area contributed by atoms with Gasteiger partial charge >= 0.3 is 6.09 Å². The van der Waals surface area contributed by atoms with Crippen molar-refractivity contribution in [1.29, 1.82) is 0 Å². The van der Waals surface area contributed by atoms with Crippen molar-refractivity contribution >= 4 is 6.09 Å². The highest BCUT2D eigenvalue weighted by atomic mass is 16.7. The van der Waals surface area contributed by atoms with E-state index in [2.05, 4.69) is 4.98 Å². The van der Waals surface area contributed by atoms with Gasteiger partial charge in [-0.1, -0.05) is 0 Å². The Morgan fingerprint density at radius 3 is 2.86 bits per heavy atom. The Morgan fingerprint density at radius 2 is 2.21 bits per heavy atom. The molecule has 1 aliphatic rings. The molecule has 0 N–H and O–H groups in total. The minimum Gasteiger partial charge on any atom is -0.378 e. The first-order valence-electron chi connectivity index (χ1n) is 4.39. The molecule has 2 rings (SSSR count). The molecule has 76 valence electrons. The Balaban J connectivity index is 1.88. The number of carbonyl (C=O) groups is 1. The summed E-state index contributed by atoms with van der Waals surface area (Å²) in [5.41, 5.74) is 0. The fourth-order valence-electron chi connectivity index (χ4n) is 1.19.